The molecule has 2 aliphatic rings. The summed E-state index contributed by atoms with van der Waals surface area (Å²) >= 11 is 0. The summed E-state index contributed by atoms with van der Waals surface area (Å²) in [5.74, 6) is 0.371. The topological polar surface area (TPSA) is 67.8 Å². The van der Waals surface area contributed by atoms with E-state index in [4.69, 9.17) is 4.74 Å². The molecule has 0 bridgehead atoms. The Kier molecular flexibility index (Phi) is 5.07. The molecule has 1 unspecified atom stereocenters. The van der Waals surface area contributed by atoms with E-state index in [9.17, 15) is 4.79 Å². The van der Waals surface area contributed by atoms with Crippen LogP contribution in [-0.2, 0) is 9.47 Å². The predicted molar refractivity (Wildman–Crippen MR) is 85.6 cm³/mol. The number of carbonyl (C=O) groups excluding carboxylic acids is 1. The molecule has 23 heavy (non-hydrogen) atoms. The minimum Gasteiger partial charge on any atom is -0.464 e. The van der Waals surface area contributed by atoms with E-state index in [2.05, 4.69) is 31.7 Å². The van der Waals surface area contributed by atoms with E-state index in [1.54, 1.807) is 6.07 Å². The van der Waals surface area contributed by atoms with Crippen LogP contribution in [0.4, 0.5) is 5.82 Å². The van der Waals surface area contributed by atoms with Crippen LogP contribution in [0.1, 0.15) is 30.3 Å². The Morgan fingerprint density at radius 3 is 2.65 bits per heavy atom. The van der Waals surface area contributed by atoms with Crippen molar-refractivity contribution in [1.82, 2.24) is 15.1 Å². The minimum atomic E-state index is -0.454. The highest BCUT2D eigenvalue weighted by molar-refractivity contribution is 5.86. The Morgan fingerprint density at radius 1 is 1.26 bits per heavy atom. The van der Waals surface area contributed by atoms with Crippen molar-refractivity contribution in [3.8, 4) is 0 Å². The van der Waals surface area contributed by atoms with Crippen molar-refractivity contribution in [2.75, 3.05) is 44.8 Å². The molecule has 0 aliphatic carbocycles. The lowest BCUT2D eigenvalue weighted by atomic mass is 10.0. The second-order valence-electron chi connectivity index (χ2n) is 6.16. The van der Waals surface area contributed by atoms with Crippen molar-refractivity contribution in [3.63, 3.8) is 0 Å². The number of anilines is 1. The van der Waals surface area contributed by atoms with Crippen LogP contribution in [0.3, 0.4) is 0 Å². The van der Waals surface area contributed by atoms with Gasteiger partial charge in [0.25, 0.3) is 0 Å². The zero-order valence-corrected chi connectivity index (χ0v) is 13.8. The van der Waals surface area contributed by atoms with Crippen LogP contribution < -0.4 is 4.90 Å². The molecule has 1 aromatic rings. The van der Waals surface area contributed by atoms with Gasteiger partial charge in [-0.2, -0.15) is 0 Å². The number of morpholine rings is 1. The molecule has 1 atom stereocenters. The van der Waals surface area contributed by atoms with E-state index in [1.165, 1.54) is 7.11 Å². The van der Waals surface area contributed by atoms with Gasteiger partial charge in [-0.1, -0.05) is 0 Å². The number of piperidine rings is 1. The summed E-state index contributed by atoms with van der Waals surface area (Å²) < 4.78 is 10.3. The fourth-order valence-corrected chi connectivity index (χ4v) is 3.34. The lowest BCUT2D eigenvalue weighted by molar-refractivity contribution is -0.0373. The third-order valence-electron chi connectivity index (χ3n) is 4.62. The molecule has 0 spiro atoms. The number of nitrogens with zero attached hydrogens (tertiary/aromatic N) is 4. The van der Waals surface area contributed by atoms with Crippen molar-refractivity contribution < 1.29 is 14.3 Å². The van der Waals surface area contributed by atoms with E-state index in [-0.39, 0.29) is 5.69 Å². The molecule has 0 N–H and O–H groups in total. The Balaban J connectivity index is 1.55. The average molecular weight is 320 g/mol. The molecule has 2 saturated heterocycles. The third kappa shape index (κ3) is 3.79. The maximum Gasteiger partial charge on any atom is 0.358 e. The van der Waals surface area contributed by atoms with Gasteiger partial charge in [-0.05, 0) is 31.9 Å². The smallest absolute Gasteiger partial charge is 0.358 e. The molecule has 0 aromatic carbocycles. The van der Waals surface area contributed by atoms with E-state index in [0.717, 1.165) is 51.4 Å². The van der Waals surface area contributed by atoms with Gasteiger partial charge in [-0.3, -0.25) is 4.90 Å². The van der Waals surface area contributed by atoms with Gasteiger partial charge in [0, 0.05) is 32.2 Å². The molecule has 3 rings (SSSR count). The number of aromatic nitrogens is 2. The van der Waals surface area contributed by atoms with E-state index in [0.29, 0.717) is 12.1 Å². The number of carbonyl (C=O) groups is 1. The molecule has 3 heterocycles. The van der Waals surface area contributed by atoms with E-state index < -0.39 is 5.97 Å². The molecule has 2 fully saturated rings. The summed E-state index contributed by atoms with van der Waals surface area (Å²) in [5.41, 5.74) is 0.244. The molecule has 0 radical (unpaired) electrons. The van der Waals surface area contributed by atoms with Crippen LogP contribution in [0, 0.1) is 0 Å². The number of hydrogen-bond acceptors (Lipinski definition) is 7. The normalized spacial score (nSPS) is 23.7. The molecule has 2 aliphatic heterocycles. The van der Waals surface area contributed by atoms with Gasteiger partial charge in [0.05, 0.1) is 19.8 Å². The van der Waals surface area contributed by atoms with Crippen molar-refractivity contribution in [2.24, 2.45) is 0 Å². The summed E-state index contributed by atoms with van der Waals surface area (Å²) in [6, 6.07) is 4.14. The van der Waals surface area contributed by atoms with Crippen LogP contribution in [0.5, 0.6) is 0 Å². The monoisotopic (exact) mass is 320 g/mol. The molecule has 0 saturated carbocycles. The maximum atomic E-state index is 11.4. The zero-order valence-electron chi connectivity index (χ0n) is 13.8. The van der Waals surface area contributed by atoms with Crippen molar-refractivity contribution in [1.29, 1.82) is 0 Å². The lowest BCUT2D eigenvalue weighted by Gasteiger charge is -2.41. The Bertz CT molecular complexity index is 529. The first-order chi connectivity index (χ1) is 11.2. The summed E-state index contributed by atoms with van der Waals surface area (Å²) in [6.07, 6.45) is 2.57. The summed E-state index contributed by atoms with van der Waals surface area (Å²) in [7, 11) is 1.34. The maximum absolute atomic E-state index is 11.4. The molecular formula is C16H24N4O3. The second-order valence-corrected chi connectivity index (χ2v) is 6.16. The first kappa shape index (κ1) is 16.1. The van der Waals surface area contributed by atoms with Gasteiger partial charge in [-0.15, -0.1) is 10.2 Å². The first-order valence-electron chi connectivity index (χ1n) is 8.20. The molecular weight excluding hydrogens is 296 g/mol. The summed E-state index contributed by atoms with van der Waals surface area (Å²) in [4.78, 5) is 16.2. The molecule has 1 aromatic heterocycles. The highest BCUT2D eigenvalue weighted by Gasteiger charge is 2.28. The van der Waals surface area contributed by atoms with E-state index >= 15 is 0 Å². The summed E-state index contributed by atoms with van der Waals surface area (Å²) in [5, 5.41) is 8.11. The van der Waals surface area contributed by atoms with Gasteiger partial charge < -0.3 is 14.4 Å². The molecule has 7 heteroatoms. The van der Waals surface area contributed by atoms with Crippen molar-refractivity contribution in [2.45, 2.75) is 31.9 Å². The number of ether oxygens (including phenoxy) is 2. The van der Waals surface area contributed by atoms with E-state index in [1.807, 2.05) is 6.07 Å². The fraction of sp³-hybridized carbons (Fsp3) is 0.688. The molecule has 7 nitrogen and oxygen atoms in total. The largest absolute Gasteiger partial charge is 0.464 e. The van der Waals surface area contributed by atoms with Crippen LogP contribution in [0.25, 0.3) is 0 Å². The quantitative estimate of drug-likeness (QED) is 0.768. The van der Waals surface area contributed by atoms with Crippen LogP contribution in [0.15, 0.2) is 12.1 Å². The lowest BCUT2D eigenvalue weighted by Crippen LogP contribution is -2.51. The number of methoxy groups -OCH3 is 1. The Hall–Kier alpha value is -1.73. The van der Waals surface area contributed by atoms with Crippen LogP contribution in [0.2, 0.25) is 0 Å². The van der Waals surface area contributed by atoms with Gasteiger partial charge in [-0.25, -0.2) is 4.79 Å². The Morgan fingerprint density at radius 2 is 2.04 bits per heavy atom. The fourth-order valence-electron chi connectivity index (χ4n) is 3.34. The van der Waals surface area contributed by atoms with Gasteiger partial charge in [0.2, 0.25) is 0 Å². The van der Waals surface area contributed by atoms with Gasteiger partial charge >= 0.3 is 5.97 Å². The highest BCUT2D eigenvalue weighted by atomic mass is 16.5. The average Bonchev–Trinajstić information content (AvgIpc) is 2.61. The predicted octanol–water partition coefficient (Wildman–Crippen LogP) is 0.953. The molecule has 0 amide bonds. The van der Waals surface area contributed by atoms with Crippen molar-refractivity contribution >= 4 is 11.8 Å². The zero-order chi connectivity index (χ0) is 16.2. The highest BCUT2D eigenvalue weighted by Crippen LogP contribution is 2.22. The SMILES string of the molecule is COC(=O)c1ccc(N2CCC(N3CCOC(C)C3)CC2)nn1. The van der Waals surface area contributed by atoms with Gasteiger partial charge in [0.15, 0.2) is 11.5 Å². The number of hydrogen-bond donors (Lipinski definition) is 0. The number of esters is 1. The first-order valence-corrected chi connectivity index (χ1v) is 8.20. The van der Waals surface area contributed by atoms with Crippen LogP contribution in [-0.4, -0.2) is 73.1 Å². The van der Waals surface area contributed by atoms with Crippen molar-refractivity contribution in [3.05, 3.63) is 17.8 Å². The second kappa shape index (κ2) is 7.23. The standard InChI is InChI=1S/C16H24N4O3/c1-12-11-20(9-10-23-12)13-5-7-19(8-6-13)15-4-3-14(17-18-15)16(21)22-2/h3-4,12-13H,5-11H2,1-2H3. The minimum absolute atomic E-state index is 0.244. The molecule has 126 valence electrons. The number of rotatable bonds is 3. The summed E-state index contributed by atoms with van der Waals surface area (Å²) in [6.45, 7) is 6.95. The van der Waals surface area contributed by atoms with Crippen LogP contribution >= 0.6 is 0 Å². The Labute approximate surface area is 136 Å². The third-order valence-corrected chi connectivity index (χ3v) is 4.62. The van der Waals surface area contributed by atoms with Gasteiger partial charge in [0.1, 0.15) is 0 Å².